The summed E-state index contributed by atoms with van der Waals surface area (Å²) in [5, 5.41) is 1.97. The highest BCUT2D eigenvalue weighted by Gasteiger charge is 2.29. The van der Waals surface area contributed by atoms with Crippen LogP contribution in [0.2, 0.25) is 0 Å². The number of imidazole rings is 1. The summed E-state index contributed by atoms with van der Waals surface area (Å²) in [6.07, 6.45) is 1.40. The zero-order chi connectivity index (χ0) is 14.0. The quantitative estimate of drug-likeness (QED) is 0.901. The monoisotopic (exact) mass is 300 g/mol. The summed E-state index contributed by atoms with van der Waals surface area (Å²) in [7, 11) is -2.01. The summed E-state index contributed by atoms with van der Waals surface area (Å²) in [6, 6.07) is 3.81. The van der Waals surface area contributed by atoms with E-state index in [4.69, 9.17) is 5.73 Å². The first kappa shape index (κ1) is 14.0. The van der Waals surface area contributed by atoms with Crippen LogP contribution in [0.4, 0.5) is 5.82 Å². The zero-order valence-corrected chi connectivity index (χ0v) is 12.4. The van der Waals surface area contributed by atoms with Crippen LogP contribution in [0, 0.1) is 0 Å². The summed E-state index contributed by atoms with van der Waals surface area (Å²) in [5.74, 6) is 0.0344. The molecule has 0 aliphatic rings. The van der Waals surface area contributed by atoms with Crippen LogP contribution in [-0.4, -0.2) is 28.8 Å². The van der Waals surface area contributed by atoms with E-state index >= 15 is 0 Å². The maximum atomic E-state index is 12.6. The number of sulfonamides is 1. The topological polar surface area (TPSA) is 81.2 Å². The number of thiophene rings is 1. The minimum absolute atomic E-state index is 0.0344. The van der Waals surface area contributed by atoms with E-state index in [2.05, 4.69) is 4.98 Å². The van der Waals surface area contributed by atoms with Gasteiger partial charge in [-0.15, -0.1) is 11.3 Å². The molecule has 0 aliphatic carbocycles. The Labute approximate surface area is 116 Å². The SMILES string of the molecule is CCN(Cc1cccs1)S(=O)(=O)c1c(N)ncn1C. The Morgan fingerprint density at radius 1 is 1.53 bits per heavy atom. The fraction of sp³-hybridized carbons (Fsp3) is 0.364. The molecule has 2 aromatic rings. The van der Waals surface area contributed by atoms with Crippen LogP contribution < -0.4 is 5.73 Å². The molecule has 6 nitrogen and oxygen atoms in total. The van der Waals surface area contributed by atoms with Crippen molar-refractivity contribution in [3.05, 3.63) is 28.7 Å². The van der Waals surface area contributed by atoms with E-state index in [1.165, 1.54) is 26.5 Å². The fourth-order valence-electron chi connectivity index (χ4n) is 1.82. The lowest BCUT2D eigenvalue weighted by atomic mass is 10.4. The molecular formula is C11H16N4O2S2. The lowest BCUT2D eigenvalue weighted by molar-refractivity contribution is 0.422. The van der Waals surface area contributed by atoms with Gasteiger partial charge in [0.15, 0.2) is 10.8 Å². The van der Waals surface area contributed by atoms with Crippen LogP contribution in [0.1, 0.15) is 11.8 Å². The van der Waals surface area contributed by atoms with Crippen molar-refractivity contribution < 1.29 is 8.42 Å². The first-order chi connectivity index (χ1) is 8.96. The van der Waals surface area contributed by atoms with Crippen LogP contribution >= 0.6 is 11.3 Å². The number of anilines is 1. The Kier molecular flexibility index (Phi) is 3.93. The normalized spacial score (nSPS) is 12.2. The molecule has 8 heteroatoms. The van der Waals surface area contributed by atoms with Gasteiger partial charge in [-0.05, 0) is 11.4 Å². The van der Waals surface area contributed by atoms with Crippen LogP contribution in [-0.2, 0) is 23.6 Å². The maximum absolute atomic E-state index is 12.6. The fourth-order valence-corrected chi connectivity index (χ4v) is 4.24. The van der Waals surface area contributed by atoms with Crippen LogP contribution in [0.5, 0.6) is 0 Å². The predicted molar refractivity (Wildman–Crippen MR) is 75.2 cm³/mol. The van der Waals surface area contributed by atoms with Crippen molar-refractivity contribution in [2.24, 2.45) is 7.05 Å². The van der Waals surface area contributed by atoms with Crippen LogP contribution in [0.25, 0.3) is 0 Å². The van der Waals surface area contributed by atoms with Gasteiger partial charge in [-0.25, -0.2) is 13.4 Å². The van der Waals surface area contributed by atoms with Gasteiger partial charge < -0.3 is 10.3 Å². The summed E-state index contributed by atoms with van der Waals surface area (Å²) in [5.41, 5.74) is 5.66. The summed E-state index contributed by atoms with van der Waals surface area (Å²) in [4.78, 5) is 4.83. The molecule has 2 aromatic heterocycles. The molecule has 0 amide bonds. The Balaban J connectivity index is 2.37. The number of nitrogen functional groups attached to an aromatic ring is 1. The predicted octanol–water partition coefficient (Wildman–Crippen LogP) is 1.27. The van der Waals surface area contributed by atoms with E-state index in [9.17, 15) is 8.42 Å². The van der Waals surface area contributed by atoms with Crippen molar-refractivity contribution in [1.29, 1.82) is 0 Å². The van der Waals surface area contributed by atoms with Gasteiger partial charge in [0, 0.05) is 25.0 Å². The second-order valence-corrected chi connectivity index (χ2v) is 6.94. The second-order valence-electron chi connectivity index (χ2n) is 4.06. The third-order valence-corrected chi connectivity index (χ3v) is 5.67. The summed E-state index contributed by atoms with van der Waals surface area (Å²) in [6.45, 7) is 2.53. The Bertz CT molecular complexity index is 627. The van der Waals surface area contributed by atoms with Crippen molar-refractivity contribution in [3.8, 4) is 0 Å². The standard InChI is InChI=1S/C11H16N4O2S2/c1-3-15(7-9-5-4-6-18-9)19(16,17)11-10(12)13-8-14(11)2/h4-6,8H,3,7,12H2,1-2H3. The molecule has 19 heavy (non-hydrogen) atoms. The van der Waals surface area contributed by atoms with E-state index in [1.54, 1.807) is 14.0 Å². The second kappa shape index (κ2) is 5.32. The van der Waals surface area contributed by atoms with Gasteiger partial charge in [0.1, 0.15) is 0 Å². The number of aromatic nitrogens is 2. The number of rotatable bonds is 5. The molecular weight excluding hydrogens is 284 g/mol. The van der Waals surface area contributed by atoms with Gasteiger partial charge in [0.25, 0.3) is 10.0 Å². The van der Waals surface area contributed by atoms with Crippen LogP contribution in [0.15, 0.2) is 28.9 Å². The van der Waals surface area contributed by atoms with Gasteiger partial charge in [0.05, 0.1) is 6.33 Å². The summed E-state index contributed by atoms with van der Waals surface area (Å²) < 4.78 is 28.0. The number of hydrogen-bond donors (Lipinski definition) is 1. The van der Waals surface area contributed by atoms with Crippen molar-refractivity contribution in [3.63, 3.8) is 0 Å². The van der Waals surface area contributed by atoms with E-state index in [0.717, 1.165) is 4.88 Å². The van der Waals surface area contributed by atoms with Gasteiger partial charge in [-0.1, -0.05) is 13.0 Å². The molecule has 0 radical (unpaired) electrons. The molecule has 0 atom stereocenters. The number of aryl methyl sites for hydroxylation is 1. The lowest BCUT2D eigenvalue weighted by Crippen LogP contribution is -2.31. The third kappa shape index (κ3) is 2.65. The average Bonchev–Trinajstić information content (AvgIpc) is 2.96. The molecule has 2 N–H and O–H groups in total. The van der Waals surface area contributed by atoms with Gasteiger partial charge in [-0.2, -0.15) is 4.31 Å². The van der Waals surface area contributed by atoms with Gasteiger partial charge in [-0.3, -0.25) is 0 Å². The largest absolute Gasteiger partial charge is 0.381 e. The van der Waals surface area contributed by atoms with Crippen molar-refractivity contribution in [2.45, 2.75) is 18.5 Å². The number of nitrogens with two attached hydrogens (primary N) is 1. The minimum atomic E-state index is -3.63. The molecule has 0 aromatic carbocycles. The van der Waals surface area contributed by atoms with Crippen molar-refractivity contribution >= 4 is 27.2 Å². The Hall–Kier alpha value is -1.38. The van der Waals surface area contributed by atoms with E-state index in [1.807, 2.05) is 17.5 Å². The molecule has 0 saturated heterocycles. The third-order valence-electron chi connectivity index (χ3n) is 2.76. The number of hydrogen-bond acceptors (Lipinski definition) is 5. The Morgan fingerprint density at radius 2 is 2.26 bits per heavy atom. The molecule has 0 unspecified atom stereocenters. The molecule has 0 bridgehead atoms. The molecule has 0 saturated carbocycles. The highest BCUT2D eigenvalue weighted by atomic mass is 32.2. The highest BCUT2D eigenvalue weighted by Crippen LogP contribution is 2.23. The molecule has 0 fully saturated rings. The molecule has 104 valence electrons. The van der Waals surface area contributed by atoms with E-state index in [-0.39, 0.29) is 10.8 Å². The molecule has 2 heterocycles. The first-order valence-electron chi connectivity index (χ1n) is 5.76. The molecule has 0 spiro atoms. The zero-order valence-electron chi connectivity index (χ0n) is 10.8. The smallest absolute Gasteiger partial charge is 0.262 e. The minimum Gasteiger partial charge on any atom is -0.381 e. The number of nitrogens with zero attached hydrogens (tertiary/aromatic N) is 3. The van der Waals surface area contributed by atoms with Crippen molar-refractivity contribution in [1.82, 2.24) is 13.9 Å². The lowest BCUT2D eigenvalue weighted by Gasteiger charge is -2.20. The highest BCUT2D eigenvalue weighted by molar-refractivity contribution is 7.89. The van der Waals surface area contributed by atoms with E-state index in [0.29, 0.717) is 13.1 Å². The Morgan fingerprint density at radius 3 is 2.74 bits per heavy atom. The van der Waals surface area contributed by atoms with E-state index < -0.39 is 10.0 Å². The van der Waals surface area contributed by atoms with Gasteiger partial charge in [0.2, 0.25) is 0 Å². The molecule has 0 aliphatic heterocycles. The maximum Gasteiger partial charge on any atom is 0.262 e. The average molecular weight is 300 g/mol. The molecule has 2 rings (SSSR count). The first-order valence-corrected chi connectivity index (χ1v) is 8.08. The van der Waals surface area contributed by atoms with Crippen molar-refractivity contribution in [2.75, 3.05) is 12.3 Å². The van der Waals surface area contributed by atoms with Crippen LogP contribution in [0.3, 0.4) is 0 Å². The van der Waals surface area contributed by atoms with Gasteiger partial charge >= 0.3 is 0 Å². The summed E-state index contributed by atoms with van der Waals surface area (Å²) >= 11 is 1.53.